The summed E-state index contributed by atoms with van der Waals surface area (Å²) in [6.45, 7) is 7.57. The van der Waals surface area contributed by atoms with Gasteiger partial charge in [-0.2, -0.15) is 15.8 Å². The van der Waals surface area contributed by atoms with Crippen molar-refractivity contribution in [1.82, 2.24) is 9.13 Å². The summed E-state index contributed by atoms with van der Waals surface area (Å²) in [6.07, 6.45) is 0. The Bertz CT molecular complexity index is 3320. The van der Waals surface area contributed by atoms with Crippen LogP contribution in [0.3, 0.4) is 0 Å². The Kier molecular flexibility index (Phi) is 7.92. The summed E-state index contributed by atoms with van der Waals surface area (Å²) in [5, 5.41) is 35.0. The molecule has 0 atom stereocenters. The number of fused-ring (bicyclic) bond motifs is 6. The van der Waals surface area contributed by atoms with E-state index in [1.807, 2.05) is 84.9 Å². The van der Waals surface area contributed by atoms with Crippen molar-refractivity contribution in [2.24, 2.45) is 0 Å². The van der Waals surface area contributed by atoms with E-state index in [-0.39, 0.29) is 0 Å². The number of aromatic nitrogens is 2. The highest BCUT2D eigenvalue weighted by atomic mass is 15.0. The quantitative estimate of drug-likeness (QED) is 0.165. The van der Waals surface area contributed by atoms with Crippen LogP contribution in [0.4, 0.5) is 5.69 Å². The summed E-state index contributed by atoms with van der Waals surface area (Å²) >= 11 is 0. The Balaban J connectivity index is 1.29. The number of rotatable bonds is 5. The van der Waals surface area contributed by atoms with Crippen LogP contribution in [0.2, 0.25) is 0 Å². The molecule has 10 aromatic rings. The van der Waals surface area contributed by atoms with E-state index in [2.05, 4.69) is 105 Å². The number of nitriles is 3. The molecule has 0 unspecified atom stereocenters. The molecule has 0 fully saturated rings. The third kappa shape index (κ3) is 5.38. The predicted molar refractivity (Wildman–Crippen MR) is 232 cm³/mol. The molecule has 0 aliphatic carbocycles. The molecule has 2 heterocycles. The van der Waals surface area contributed by atoms with Gasteiger partial charge in [0.1, 0.15) is 11.6 Å². The highest BCUT2D eigenvalue weighted by Gasteiger charge is 2.23. The zero-order valence-electron chi connectivity index (χ0n) is 30.8. The van der Waals surface area contributed by atoms with Crippen LogP contribution < -0.4 is 0 Å². The summed E-state index contributed by atoms with van der Waals surface area (Å²) < 4.78 is 4.36. The van der Waals surface area contributed by atoms with Gasteiger partial charge >= 0.3 is 0 Å². The second-order valence-electron chi connectivity index (χ2n) is 14.2. The average Bonchev–Trinajstić information content (AvgIpc) is 3.80. The zero-order valence-corrected chi connectivity index (χ0v) is 30.8. The van der Waals surface area contributed by atoms with Crippen LogP contribution in [-0.2, 0) is 0 Å². The molecule has 0 aliphatic heterocycles. The Labute approximate surface area is 334 Å². The topological polar surface area (TPSA) is 85.6 Å². The molecule has 8 aromatic carbocycles. The van der Waals surface area contributed by atoms with Crippen molar-refractivity contribution in [3.05, 3.63) is 198 Å². The fourth-order valence-corrected chi connectivity index (χ4v) is 8.36. The smallest absolute Gasteiger partial charge is 0.187 e. The Morgan fingerprint density at radius 2 is 0.828 bits per heavy atom. The van der Waals surface area contributed by atoms with E-state index in [9.17, 15) is 15.8 Å². The van der Waals surface area contributed by atoms with E-state index in [0.717, 1.165) is 77.0 Å². The first-order valence-corrected chi connectivity index (χ1v) is 18.7. The van der Waals surface area contributed by atoms with Crippen LogP contribution in [0.25, 0.3) is 93.2 Å². The van der Waals surface area contributed by atoms with E-state index in [4.69, 9.17) is 6.57 Å². The van der Waals surface area contributed by atoms with Crippen molar-refractivity contribution >= 4 is 49.3 Å². The molecule has 6 nitrogen and oxygen atoms in total. The molecule has 10 rings (SSSR count). The molecule has 0 bridgehead atoms. The molecule has 0 aliphatic rings. The van der Waals surface area contributed by atoms with Crippen molar-refractivity contribution in [3.63, 3.8) is 0 Å². The van der Waals surface area contributed by atoms with Crippen molar-refractivity contribution in [2.45, 2.75) is 0 Å². The van der Waals surface area contributed by atoms with Crippen LogP contribution in [0, 0.1) is 40.6 Å². The molecule has 266 valence electrons. The van der Waals surface area contributed by atoms with Gasteiger partial charge in [0.15, 0.2) is 5.69 Å². The van der Waals surface area contributed by atoms with Crippen molar-refractivity contribution in [1.29, 1.82) is 15.8 Å². The molecule has 2 aromatic heterocycles. The van der Waals surface area contributed by atoms with Gasteiger partial charge in [-0.1, -0.05) is 91.0 Å². The minimum atomic E-state index is 0.491. The van der Waals surface area contributed by atoms with Crippen LogP contribution in [0.5, 0.6) is 0 Å². The lowest BCUT2D eigenvalue weighted by molar-refractivity contribution is 1.12. The minimum Gasteiger partial charge on any atom is -0.308 e. The molecule has 0 amide bonds. The maximum Gasteiger partial charge on any atom is 0.187 e. The monoisotopic (exact) mass is 736 g/mol. The van der Waals surface area contributed by atoms with Crippen molar-refractivity contribution in [2.75, 3.05) is 0 Å². The molecule has 0 spiro atoms. The highest BCUT2D eigenvalue weighted by molar-refractivity contribution is 6.12. The highest BCUT2D eigenvalue weighted by Crippen LogP contribution is 2.42. The molecule has 6 heteroatoms. The summed E-state index contributed by atoms with van der Waals surface area (Å²) in [7, 11) is 0. The van der Waals surface area contributed by atoms with Gasteiger partial charge in [0, 0.05) is 21.5 Å². The lowest BCUT2D eigenvalue weighted by Crippen LogP contribution is -2.05. The second-order valence-corrected chi connectivity index (χ2v) is 14.2. The number of para-hydroxylation sites is 2. The van der Waals surface area contributed by atoms with Crippen LogP contribution in [0.1, 0.15) is 16.7 Å². The summed E-state index contributed by atoms with van der Waals surface area (Å²) in [6, 6.07) is 63.3. The first kappa shape index (κ1) is 33.9. The first-order chi connectivity index (χ1) is 28.6. The third-order valence-electron chi connectivity index (χ3n) is 11.0. The fraction of sp³-hybridized carbons (Fsp3) is 0. The van der Waals surface area contributed by atoms with E-state index < -0.39 is 0 Å². The average molecular weight is 737 g/mol. The lowest BCUT2D eigenvalue weighted by Gasteiger charge is -2.18. The predicted octanol–water partition coefficient (Wildman–Crippen LogP) is 13.0. The lowest BCUT2D eigenvalue weighted by atomic mass is 9.98. The molecule has 0 radical (unpaired) electrons. The number of hydrogen-bond acceptors (Lipinski definition) is 3. The molecule has 0 N–H and O–H groups in total. The van der Waals surface area contributed by atoms with Crippen LogP contribution in [0.15, 0.2) is 170 Å². The summed E-state index contributed by atoms with van der Waals surface area (Å²) in [4.78, 5) is 3.65. The van der Waals surface area contributed by atoms with Gasteiger partial charge in [-0.25, -0.2) is 4.85 Å². The first-order valence-electron chi connectivity index (χ1n) is 18.7. The van der Waals surface area contributed by atoms with Gasteiger partial charge in [-0.3, -0.25) is 0 Å². The SMILES string of the molecule is [C-]#[N+]c1cccc(-c2ccc3c(c2)c2ccccc2n3-c2cc(-c3cccc(C#N)c3)cc(-n3c4ccccc4c4cc(-c5cccc(C#N)c5)ccc43)c2C#N)c1. The second kappa shape index (κ2) is 13.6. The molecule has 0 saturated heterocycles. The van der Waals surface area contributed by atoms with Gasteiger partial charge in [0.05, 0.1) is 63.3 Å². The van der Waals surface area contributed by atoms with E-state index >= 15 is 0 Å². The summed E-state index contributed by atoms with van der Waals surface area (Å²) in [5.74, 6) is 0. The van der Waals surface area contributed by atoms with E-state index in [1.54, 1.807) is 12.1 Å². The maximum atomic E-state index is 11.3. The molecule has 0 saturated carbocycles. The zero-order chi connectivity index (χ0) is 39.3. The Morgan fingerprint density at radius 1 is 0.379 bits per heavy atom. The Hall–Kier alpha value is -8.68. The minimum absolute atomic E-state index is 0.491. The Morgan fingerprint density at radius 3 is 1.33 bits per heavy atom. The van der Waals surface area contributed by atoms with Gasteiger partial charge in [-0.15, -0.1) is 0 Å². The van der Waals surface area contributed by atoms with Gasteiger partial charge in [-0.05, 0) is 112 Å². The van der Waals surface area contributed by atoms with Gasteiger partial charge in [0.25, 0.3) is 0 Å². The normalized spacial score (nSPS) is 11.0. The summed E-state index contributed by atoms with van der Waals surface area (Å²) in [5.41, 5.74) is 13.0. The van der Waals surface area contributed by atoms with Crippen LogP contribution in [-0.4, -0.2) is 9.13 Å². The van der Waals surface area contributed by atoms with E-state index in [0.29, 0.717) is 33.8 Å². The number of benzene rings is 8. The number of nitrogens with zero attached hydrogens (tertiary/aromatic N) is 6. The van der Waals surface area contributed by atoms with Crippen LogP contribution >= 0.6 is 0 Å². The van der Waals surface area contributed by atoms with Crippen molar-refractivity contribution in [3.8, 4) is 63.0 Å². The standard InChI is InChI=1S/C52H28N6/c1-56-41-14-8-13-37(25-41)39-20-22-50-45(27-39)43-16-3-5-18-48(43)58(50)52-29-40(36-12-7-10-34(24-36)31-54)28-51(46(52)32-55)57-47-17-4-2-15-42(47)44-26-38(19-21-49(44)57)35-11-6-9-33(23-35)30-53/h2-29H. The van der Waals surface area contributed by atoms with E-state index in [1.165, 1.54) is 0 Å². The fourth-order valence-electron chi connectivity index (χ4n) is 8.36. The largest absolute Gasteiger partial charge is 0.308 e. The van der Waals surface area contributed by atoms with Gasteiger partial charge in [0.2, 0.25) is 0 Å². The molecule has 58 heavy (non-hydrogen) atoms. The van der Waals surface area contributed by atoms with Crippen molar-refractivity contribution < 1.29 is 0 Å². The van der Waals surface area contributed by atoms with Gasteiger partial charge < -0.3 is 9.13 Å². The number of hydrogen-bond donors (Lipinski definition) is 0. The maximum absolute atomic E-state index is 11.3. The third-order valence-corrected chi connectivity index (χ3v) is 11.0. The molecular weight excluding hydrogens is 709 g/mol. The molecular formula is C52H28N6.